The van der Waals surface area contributed by atoms with Gasteiger partial charge in [0.05, 0.1) is 5.52 Å². The van der Waals surface area contributed by atoms with Gasteiger partial charge in [0.2, 0.25) is 11.5 Å². The fraction of sp³-hybridized carbons (Fsp3) is 0.545. The van der Waals surface area contributed by atoms with Gasteiger partial charge in [0, 0.05) is 23.6 Å². The van der Waals surface area contributed by atoms with Crippen LogP contribution < -0.4 is 10.9 Å². The Morgan fingerprint density at radius 1 is 1.15 bits per heavy atom. The summed E-state index contributed by atoms with van der Waals surface area (Å²) in [5.74, 6) is 0.765. The van der Waals surface area contributed by atoms with Gasteiger partial charge in [-0.2, -0.15) is 0 Å². The SMILES string of the molecule is CC(C)(C)c1cc(=O)[nH]c2cc(NC(=O)CCC3CCCCC3)ccc12. The zero-order valence-electron chi connectivity index (χ0n) is 16.2. The first-order chi connectivity index (χ1) is 12.3. The number of hydrogen-bond donors (Lipinski definition) is 2. The van der Waals surface area contributed by atoms with E-state index < -0.39 is 0 Å². The number of aromatic amines is 1. The van der Waals surface area contributed by atoms with E-state index in [9.17, 15) is 9.59 Å². The highest BCUT2D eigenvalue weighted by Crippen LogP contribution is 2.30. The van der Waals surface area contributed by atoms with Crippen molar-refractivity contribution in [3.8, 4) is 0 Å². The van der Waals surface area contributed by atoms with Gasteiger partial charge in [-0.25, -0.2) is 0 Å². The van der Waals surface area contributed by atoms with E-state index in [1.54, 1.807) is 6.07 Å². The number of aromatic nitrogens is 1. The van der Waals surface area contributed by atoms with E-state index in [1.165, 1.54) is 32.1 Å². The third-order valence-electron chi connectivity index (χ3n) is 5.44. The van der Waals surface area contributed by atoms with Crippen molar-refractivity contribution in [3.63, 3.8) is 0 Å². The molecule has 1 aliphatic rings. The number of benzene rings is 1. The Hall–Kier alpha value is -2.10. The van der Waals surface area contributed by atoms with Crippen LogP contribution in [0.4, 0.5) is 5.69 Å². The molecule has 2 N–H and O–H groups in total. The molecule has 26 heavy (non-hydrogen) atoms. The average molecular weight is 354 g/mol. The second-order valence-electron chi connectivity index (χ2n) is 8.65. The van der Waals surface area contributed by atoms with Crippen LogP contribution in [0.15, 0.2) is 29.1 Å². The Bertz CT molecular complexity index is 839. The number of carbonyl (C=O) groups excluding carboxylic acids is 1. The molecule has 4 heteroatoms. The van der Waals surface area contributed by atoms with E-state index in [4.69, 9.17) is 0 Å². The lowest BCUT2D eigenvalue weighted by Crippen LogP contribution is -2.18. The largest absolute Gasteiger partial charge is 0.326 e. The molecule has 0 unspecified atom stereocenters. The first-order valence-electron chi connectivity index (χ1n) is 9.80. The quantitative estimate of drug-likeness (QED) is 0.800. The third-order valence-corrected chi connectivity index (χ3v) is 5.44. The molecule has 1 saturated carbocycles. The van der Waals surface area contributed by atoms with Crippen molar-refractivity contribution in [2.24, 2.45) is 5.92 Å². The van der Waals surface area contributed by atoms with Gasteiger partial charge in [-0.3, -0.25) is 9.59 Å². The van der Waals surface area contributed by atoms with Gasteiger partial charge in [-0.05, 0) is 35.4 Å². The monoisotopic (exact) mass is 354 g/mol. The van der Waals surface area contributed by atoms with Crippen molar-refractivity contribution in [1.82, 2.24) is 4.98 Å². The van der Waals surface area contributed by atoms with E-state index in [-0.39, 0.29) is 16.9 Å². The maximum atomic E-state index is 12.3. The van der Waals surface area contributed by atoms with Crippen LogP contribution in [0.25, 0.3) is 10.9 Å². The topological polar surface area (TPSA) is 62.0 Å². The lowest BCUT2D eigenvalue weighted by Gasteiger charge is -2.21. The van der Waals surface area contributed by atoms with Crippen LogP contribution in [0.2, 0.25) is 0 Å². The highest BCUT2D eigenvalue weighted by Gasteiger charge is 2.18. The predicted octanol–water partition coefficient (Wildman–Crippen LogP) is 5.12. The summed E-state index contributed by atoms with van der Waals surface area (Å²) in [5.41, 5.74) is 2.31. The summed E-state index contributed by atoms with van der Waals surface area (Å²) in [6.45, 7) is 6.30. The molecule has 0 bridgehead atoms. The molecule has 1 heterocycles. The van der Waals surface area contributed by atoms with Gasteiger partial charge in [0.1, 0.15) is 0 Å². The van der Waals surface area contributed by atoms with Gasteiger partial charge >= 0.3 is 0 Å². The number of carbonyl (C=O) groups is 1. The molecular weight excluding hydrogens is 324 g/mol. The number of amides is 1. The molecule has 2 aromatic rings. The van der Waals surface area contributed by atoms with Crippen molar-refractivity contribution in [3.05, 3.63) is 40.2 Å². The first-order valence-corrected chi connectivity index (χ1v) is 9.80. The lowest BCUT2D eigenvalue weighted by atomic mass is 9.85. The molecule has 140 valence electrons. The molecular formula is C22H30N2O2. The highest BCUT2D eigenvalue weighted by molar-refractivity contribution is 5.94. The molecule has 1 amide bonds. The summed E-state index contributed by atoms with van der Waals surface area (Å²) in [6.07, 6.45) is 8.03. The van der Waals surface area contributed by atoms with Gasteiger partial charge in [-0.1, -0.05) is 58.9 Å². The summed E-state index contributed by atoms with van der Waals surface area (Å²) < 4.78 is 0. The van der Waals surface area contributed by atoms with Crippen LogP contribution in [0.3, 0.4) is 0 Å². The average Bonchev–Trinajstić information content (AvgIpc) is 2.59. The summed E-state index contributed by atoms with van der Waals surface area (Å²) in [7, 11) is 0. The number of fused-ring (bicyclic) bond motifs is 1. The molecule has 1 aromatic heterocycles. The van der Waals surface area contributed by atoms with Crippen LogP contribution in [0, 0.1) is 5.92 Å². The molecule has 4 nitrogen and oxygen atoms in total. The van der Waals surface area contributed by atoms with Crippen LogP contribution in [-0.4, -0.2) is 10.9 Å². The third kappa shape index (κ3) is 4.54. The maximum Gasteiger partial charge on any atom is 0.248 e. The molecule has 1 fully saturated rings. The fourth-order valence-electron chi connectivity index (χ4n) is 3.99. The number of nitrogens with one attached hydrogen (secondary N) is 2. The molecule has 0 spiro atoms. The van der Waals surface area contributed by atoms with Crippen LogP contribution in [0.1, 0.15) is 71.3 Å². The van der Waals surface area contributed by atoms with E-state index in [2.05, 4.69) is 31.1 Å². The Balaban J connectivity index is 1.72. The normalized spacial score (nSPS) is 16.0. The fourth-order valence-corrected chi connectivity index (χ4v) is 3.99. The van der Waals surface area contributed by atoms with E-state index in [1.807, 2.05) is 18.2 Å². The van der Waals surface area contributed by atoms with Crippen LogP contribution >= 0.6 is 0 Å². The Morgan fingerprint density at radius 3 is 2.58 bits per heavy atom. The van der Waals surface area contributed by atoms with Crippen LogP contribution in [-0.2, 0) is 10.2 Å². The molecule has 1 aromatic carbocycles. The Morgan fingerprint density at radius 2 is 1.88 bits per heavy atom. The van der Waals surface area contributed by atoms with Gasteiger partial charge in [-0.15, -0.1) is 0 Å². The Labute approximate surface area is 155 Å². The number of H-pyrrole nitrogens is 1. The van der Waals surface area contributed by atoms with E-state index >= 15 is 0 Å². The summed E-state index contributed by atoms with van der Waals surface area (Å²) >= 11 is 0. The minimum atomic E-state index is -0.114. The minimum absolute atomic E-state index is 0.0595. The van der Waals surface area contributed by atoms with E-state index in [0.29, 0.717) is 12.3 Å². The van der Waals surface area contributed by atoms with Crippen molar-refractivity contribution < 1.29 is 4.79 Å². The highest BCUT2D eigenvalue weighted by atomic mass is 16.1. The standard InChI is InChI=1S/C22H30N2O2/c1-22(2,3)18-14-21(26)24-19-13-16(10-11-17(18)19)23-20(25)12-9-15-7-5-4-6-8-15/h10-11,13-15H,4-9,12H2,1-3H3,(H,23,25)(H,24,26). The van der Waals surface area contributed by atoms with Gasteiger partial charge < -0.3 is 10.3 Å². The molecule has 0 radical (unpaired) electrons. The molecule has 0 aliphatic heterocycles. The summed E-state index contributed by atoms with van der Waals surface area (Å²) in [4.78, 5) is 27.2. The number of anilines is 1. The zero-order valence-corrected chi connectivity index (χ0v) is 16.2. The van der Waals surface area contributed by atoms with Crippen molar-refractivity contribution in [2.75, 3.05) is 5.32 Å². The molecule has 1 aliphatic carbocycles. The number of rotatable bonds is 4. The second kappa shape index (κ2) is 7.65. The molecule has 0 atom stereocenters. The van der Waals surface area contributed by atoms with Crippen molar-refractivity contribution in [2.45, 2.75) is 71.1 Å². The predicted molar refractivity (Wildman–Crippen MR) is 108 cm³/mol. The Kier molecular flexibility index (Phi) is 5.49. The number of pyridine rings is 1. The lowest BCUT2D eigenvalue weighted by molar-refractivity contribution is -0.116. The van der Waals surface area contributed by atoms with Gasteiger partial charge in [0.25, 0.3) is 0 Å². The smallest absolute Gasteiger partial charge is 0.248 e. The van der Waals surface area contributed by atoms with E-state index in [0.717, 1.165) is 28.6 Å². The molecule has 0 saturated heterocycles. The second-order valence-corrected chi connectivity index (χ2v) is 8.65. The van der Waals surface area contributed by atoms with Crippen molar-refractivity contribution in [1.29, 1.82) is 0 Å². The minimum Gasteiger partial charge on any atom is -0.326 e. The summed E-state index contributed by atoms with van der Waals surface area (Å²) in [5, 5.41) is 4.02. The maximum absolute atomic E-state index is 12.3. The van der Waals surface area contributed by atoms with Crippen LogP contribution in [0.5, 0.6) is 0 Å². The van der Waals surface area contributed by atoms with Crippen molar-refractivity contribution >= 4 is 22.5 Å². The summed E-state index contributed by atoms with van der Waals surface area (Å²) in [6, 6.07) is 7.45. The first kappa shape index (κ1) is 18.7. The number of hydrogen-bond acceptors (Lipinski definition) is 2. The van der Waals surface area contributed by atoms with Gasteiger partial charge in [0.15, 0.2) is 0 Å². The zero-order chi connectivity index (χ0) is 18.7. The molecule has 3 rings (SSSR count).